The Hall–Kier alpha value is -1.66. The zero-order valence-electron chi connectivity index (χ0n) is 14.2. The number of nitrogens with zero attached hydrogens (tertiary/aromatic N) is 2. The second-order valence-electron chi connectivity index (χ2n) is 6.21. The molecular weight excluding hydrogens is 294 g/mol. The van der Waals surface area contributed by atoms with Gasteiger partial charge in [0, 0.05) is 26.3 Å². The number of aromatic nitrogens is 2. The minimum atomic E-state index is -0.0734. The summed E-state index contributed by atoms with van der Waals surface area (Å²) in [6, 6.07) is -0.0734. The van der Waals surface area contributed by atoms with Crippen molar-refractivity contribution in [3.8, 4) is 0 Å². The summed E-state index contributed by atoms with van der Waals surface area (Å²) < 4.78 is 13.1. The van der Waals surface area contributed by atoms with Crippen LogP contribution in [0.15, 0.2) is 24.0 Å². The molecule has 1 fully saturated rings. The fourth-order valence-electron chi connectivity index (χ4n) is 2.53. The number of rotatable bonds is 7. The smallest absolute Gasteiger partial charge is 0.220 e. The van der Waals surface area contributed by atoms with Crippen LogP contribution in [0.25, 0.3) is 0 Å². The highest BCUT2D eigenvalue weighted by Gasteiger charge is 2.27. The molecule has 1 aliphatic heterocycles. The van der Waals surface area contributed by atoms with Crippen LogP contribution in [0.4, 0.5) is 0 Å². The summed E-state index contributed by atoms with van der Waals surface area (Å²) in [5, 5.41) is 7.16. The molecule has 1 amide bonds. The van der Waals surface area contributed by atoms with E-state index in [-0.39, 0.29) is 18.1 Å². The number of hydrogen-bond donors (Lipinski definition) is 1. The molecule has 0 radical (unpaired) electrons. The molecule has 0 aromatic carbocycles. The quantitative estimate of drug-likeness (QED) is 0.775. The molecule has 0 spiro atoms. The van der Waals surface area contributed by atoms with Crippen LogP contribution >= 0.6 is 0 Å². The molecular formula is C17H27N3O3. The van der Waals surface area contributed by atoms with Gasteiger partial charge < -0.3 is 14.8 Å². The van der Waals surface area contributed by atoms with Crippen molar-refractivity contribution in [3.63, 3.8) is 0 Å². The van der Waals surface area contributed by atoms with Gasteiger partial charge in [-0.2, -0.15) is 5.10 Å². The van der Waals surface area contributed by atoms with Crippen LogP contribution in [0.1, 0.15) is 32.3 Å². The summed E-state index contributed by atoms with van der Waals surface area (Å²) >= 11 is 0. The van der Waals surface area contributed by atoms with Gasteiger partial charge in [0.05, 0.1) is 31.6 Å². The van der Waals surface area contributed by atoms with Crippen LogP contribution in [0.5, 0.6) is 0 Å². The third-order valence-corrected chi connectivity index (χ3v) is 3.84. The summed E-state index contributed by atoms with van der Waals surface area (Å²) in [5.74, 6) is 0.0279. The monoisotopic (exact) mass is 321 g/mol. The first-order valence-corrected chi connectivity index (χ1v) is 8.14. The van der Waals surface area contributed by atoms with E-state index in [9.17, 15) is 4.79 Å². The lowest BCUT2D eigenvalue weighted by molar-refractivity contribution is -0.125. The van der Waals surface area contributed by atoms with E-state index >= 15 is 0 Å². The lowest BCUT2D eigenvalue weighted by Crippen LogP contribution is -2.50. The van der Waals surface area contributed by atoms with Gasteiger partial charge in [-0.3, -0.25) is 9.48 Å². The highest BCUT2D eigenvalue weighted by molar-refractivity contribution is 5.76. The van der Waals surface area contributed by atoms with Crippen molar-refractivity contribution in [1.82, 2.24) is 15.1 Å². The zero-order chi connectivity index (χ0) is 16.7. The van der Waals surface area contributed by atoms with E-state index in [2.05, 4.69) is 16.5 Å². The maximum Gasteiger partial charge on any atom is 0.220 e. The van der Waals surface area contributed by atoms with Crippen molar-refractivity contribution in [2.75, 3.05) is 19.8 Å². The van der Waals surface area contributed by atoms with Gasteiger partial charge in [0.15, 0.2) is 0 Å². The Bertz CT molecular complexity index is 535. The van der Waals surface area contributed by atoms with Crippen LogP contribution < -0.4 is 5.32 Å². The topological polar surface area (TPSA) is 65.4 Å². The minimum Gasteiger partial charge on any atom is -0.379 e. The Balaban J connectivity index is 1.78. The summed E-state index contributed by atoms with van der Waals surface area (Å²) in [6.07, 6.45) is 7.74. The van der Waals surface area contributed by atoms with E-state index in [1.165, 1.54) is 5.57 Å². The Kier molecular flexibility index (Phi) is 6.80. The lowest BCUT2D eigenvalue weighted by Gasteiger charge is -2.31. The van der Waals surface area contributed by atoms with Crippen molar-refractivity contribution in [2.45, 2.75) is 45.3 Å². The van der Waals surface area contributed by atoms with Crippen molar-refractivity contribution >= 4 is 5.91 Å². The first-order valence-electron chi connectivity index (χ1n) is 8.14. The summed E-state index contributed by atoms with van der Waals surface area (Å²) in [7, 11) is 1.87. The van der Waals surface area contributed by atoms with E-state index in [4.69, 9.17) is 9.47 Å². The Morgan fingerprint density at radius 3 is 3.09 bits per heavy atom. The van der Waals surface area contributed by atoms with Gasteiger partial charge in [-0.1, -0.05) is 11.6 Å². The Morgan fingerprint density at radius 2 is 2.39 bits per heavy atom. The molecule has 0 bridgehead atoms. The third-order valence-electron chi connectivity index (χ3n) is 3.84. The van der Waals surface area contributed by atoms with Gasteiger partial charge >= 0.3 is 0 Å². The first-order chi connectivity index (χ1) is 11.0. The summed E-state index contributed by atoms with van der Waals surface area (Å²) in [6.45, 7) is 5.87. The third kappa shape index (κ3) is 6.15. The molecule has 6 heteroatoms. The second kappa shape index (κ2) is 8.84. The predicted molar refractivity (Wildman–Crippen MR) is 88.1 cm³/mol. The van der Waals surface area contributed by atoms with Crippen molar-refractivity contribution in [3.05, 3.63) is 29.6 Å². The number of nitrogens with one attached hydrogen (secondary N) is 1. The first kappa shape index (κ1) is 17.7. The van der Waals surface area contributed by atoms with Gasteiger partial charge in [0.2, 0.25) is 5.91 Å². The largest absolute Gasteiger partial charge is 0.379 e. The SMILES string of the molecule is CC(C)=CCO[C@H]1CCOC[C@H]1NC(=O)CCc1cnn(C)c1. The lowest BCUT2D eigenvalue weighted by atomic mass is 10.1. The fraction of sp³-hybridized carbons (Fsp3) is 0.647. The number of allylic oxidation sites excluding steroid dienone is 1. The minimum absolute atomic E-state index is 0.0155. The Morgan fingerprint density at radius 1 is 1.57 bits per heavy atom. The Labute approximate surface area is 137 Å². The van der Waals surface area contributed by atoms with Crippen molar-refractivity contribution in [1.29, 1.82) is 0 Å². The van der Waals surface area contributed by atoms with Crippen LogP contribution in [0, 0.1) is 0 Å². The summed E-state index contributed by atoms with van der Waals surface area (Å²) in [4.78, 5) is 12.2. The molecule has 1 saturated heterocycles. The molecule has 1 aromatic rings. The van der Waals surface area contributed by atoms with E-state index in [0.29, 0.717) is 32.7 Å². The van der Waals surface area contributed by atoms with E-state index in [1.54, 1.807) is 10.9 Å². The standard InChI is InChI=1S/C17H27N3O3/c1-13(2)6-9-23-16-7-8-22-12-15(16)19-17(21)5-4-14-10-18-20(3)11-14/h6,10-11,15-16H,4-5,7-9,12H2,1-3H3,(H,19,21)/t15-,16+/m1/s1. The molecule has 128 valence electrons. The van der Waals surface area contributed by atoms with Gasteiger partial charge in [-0.25, -0.2) is 0 Å². The molecule has 2 heterocycles. The summed E-state index contributed by atoms with van der Waals surface area (Å²) in [5.41, 5.74) is 2.30. The van der Waals surface area contributed by atoms with E-state index in [0.717, 1.165) is 12.0 Å². The molecule has 23 heavy (non-hydrogen) atoms. The van der Waals surface area contributed by atoms with Gasteiger partial charge in [0.25, 0.3) is 0 Å². The van der Waals surface area contributed by atoms with Gasteiger partial charge in [-0.15, -0.1) is 0 Å². The number of hydrogen-bond acceptors (Lipinski definition) is 4. The number of amides is 1. The molecule has 0 saturated carbocycles. The molecule has 0 unspecified atom stereocenters. The number of carbonyl (C=O) groups is 1. The average Bonchev–Trinajstić information content (AvgIpc) is 2.92. The highest BCUT2D eigenvalue weighted by Crippen LogP contribution is 2.13. The molecule has 1 aliphatic rings. The number of aryl methyl sites for hydroxylation is 2. The maximum absolute atomic E-state index is 12.2. The van der Waals surface area contributed by atoms with Crippen LogP contribution in [-0.2, 0) is 27.7 Å². The highest BCUT2D eigenvalue weighted by atomic mass is 16.5. The van der Waals surface area contributed by atoms with Crippen LogP contribution in [0.2, 0.25) is 0 Å². The molecule has 6 nitrogen and oxygen atoms in total. The number of ether oxygens (including phenoxy) is 2. The number of carbonyl (C=O) groups excluding carboxylic acids is 1. The molecule has 1 aromatic heterocycles. The van der Waals surface area contributed by atoms with Crippen molar-refractivity contribution < 1.29 is 14.3 Å². The molecule has 2 atom stereocenters. The van der Waals surface area contributed by atoms with Gasteiger partial charge in [-0.05, 0) is 32.3 Å². The van der Waals surface area contributed by atoms with E-state index < -0.39 is 0 Å². The van der Waals surface area contributed by atoms with Gasteiger partial charge in [0.1, 0.15) is 0 Å². The molecule has 0 aliphatic carbocycles. The maximum atomic E-state index is 12.2. The van der Waals surface area contributed by atoms with Crippen LogP contribution in [-0.4, -0.2) is 47.7 Å². The second-order valence-corrected chi connectivity index (χ2v) is 6.21. The fourth-order valence-corrected chi connectivity index (χ4v) is 2.53. The zero-order valence-corrected chi connectivity index (χ0v) is 14.2. The van der Waals surface area contributed by atoms with Crippen molar-refractivity contribution in [2.24, 2.45) is 7.05 Å². The van der Waals surface area contributed by atoms with E-state index in [1.807, 2.05) is 27.1 Å². The normalized spacial score (nSPS) is 21.0. The predicted octanol–water partition coefficient (Wildman–Crippen LogP) is 1.61. The molecule has 1 N–H and O–H groups in total. The van der Waals surface area contributed by atoms with Crippen LogP contribution in [0.3, 0.4) is 0 Å². The molecule has 2 rings (SSSR count). The average molecular weight is 321 g/mol.